The van der Waals surface area contributed by atoms with Crippen LogP contribution in [-0.2, 0) is 6.54 Å². The number of thiophene rings is 1. The van der Waals surface area contributed by atoms with Gasteiger partial charge in [0.05, 0.1) is 28.8 Å². The third-order valence-corrected chi connectivity index (χ3v) is 8.16. The molecule has 6 aromatic rings. The molecule has 0 spiro atoms. The lowest BCUT2D eigenvalue weighted by molar-refractivity contribution is 0.489. The highest BCUT2D eigenvalue weighted by molar-refractivity contribution is 7.13. The van der Waals surface area contributed by atoms with Gasteiger partial charge in [-0.25, -0.2) is 9.37 Å². The molecule has 190 valence electrons. The van der Waals surface area contributed by atoms with Gasteiger partial charge in [0, 0.05) is 41.1 Å². The van der Waals surface area contributed by atoms with E-state index in [-0.39, 0.29) is 5.69 Å². The molecule has 3 N–H and O–H groups in total. The zero-order valence-electron chi connectivity index (χ0n) is 20.5. The zero-order chi connectivity index (χ0) is 25.5. The highest BCUT2D eigenvalue weighted by Crippen LogP contribution is 2.35. The van der Waals surface area contributed by atoms with Crippen LogP contribution in [0, 0.1) is 11.7 Å². The van der Waals surface area contributed by atoms with Crippen LogP contribution in [0.3, 0.4) is 0 Å². The Hall–Kier alpha value is -4.02. The summed E-state index contributed by atoms with van der Waals surface area (Å²) in [4.78, 5) is 22.3. The molecule has 0 bridgehead atoms. The van der Waals surface area contributed by atoms with Crippen molar-refractivity contribution in [1.82, 2.24) is 40.4 Å². The molecule has 0 aromatic carbocycles. The first-order valence-electron chi connectivity index (χ1n) is 12.8. The molecule has 1 fully saturated rings. The van der Waals surface area contributed by atoms with Gasteiger partial charge in [0.1, 0.15) is 16.9 Å². The van der Waals surface area contributed by atoms with E-state index in [1.807, 2.05) is 29.8 Å². The topological polar surface area (TPSA) is 108 Å². The van der Waals surface area contributed by atoms with E-state index in [0.717, 1.165) is 39.5 Å². The highest BCUT2D eigenvalue weighted by atomic mass is 32.1. The van der Waals surface area contributed by atoms with Crippen LogP contribution < -0.4 is 5.32 Å². The summed E-state index contributed by atoms with van der Waals surface area (Å²) >= 11 is 1.62. The number of pyridine rings is 3. The minimum Gasteiger partial charge on any atom is -0.335 e. The molecule has 6 aromatic heterocycles. The second kappa shape index (κ2) is 9.70. The molecule has 0 atom stereocenters. The van der Waals surface area contributed by atoms with Crippen molar-refractivity contribution in [2.45, 2.75) is 32.2 Å². The molecule has 0 saturated heterocycles. The molecule has 1 aliphatic rings. The third-order valence-electron chi connectivity index (χ3n) is 7.25. The SMILES string of the molecule is Fc1c(-c2cncc(CNCC3CCCC3)c2)ncc2[nH]nc(-c3nc4c(-c5cccs5)cncc4[nH]3)c12. The number of fused-ring (bicyclic) bond motifs is 2. The Kier molecular flexibility index (Phi) is 5.90. The van der Waals surface area contributed by atoms with E-state index in [0.29, 0.717) is 34.5 Å². The number of hydrogen-bond donors (Lipinski definition) is 3. The average molecular weight is 525 g/mol. The molecule has 0 unspecified atom stereocenters. The molecular weight excluding hydrogens is 499 g/mol. The van der Waals surface area contributed by atoms with Crippen LogP contribution in [0.5, 0.6) is 0 Å². The molecular formula is C28H25FN8S. The van der Waals surface area contributed by atoms with Crippen LogP contribution in [0.4, 0.5) is 4.39 Å². The summed E-state index contributed by atoms with van der Waals surface area (Å²) in [6.45, 7) is 1.69. The zero-order valence-corrected chi connectivity index (χ0v) is 21.4. The van der Waals surface area contributed by atoms with Crippen LogP contribution in [0.2, 0.25) is 0 Å². The van der Waals surface area contributed by atoms with Gasteiger partial charge in [0.15, 0.2) is 11.6 Å². The van der Waals surface area contributed by atoms with Crippen molar-refractivity contribution < 1.29 is 4.39 Å². The monoisotopic (exact) mass is 524 g/mol. The van der Waals surface area contributed by atoms with Gasteiger partial charge in [-0.1, -0.05) is 18.9 Å². The number of rotatable bonds is 7. The summed E-state index contributed by atoms with van der Waals surface area (Å²) in [6.07, 6.45) is 13.8. The van der Waals surface area contributed by atoms with Crippen molar-refractivity contribution in [2.24, 2.45) is 5.92 Å². The lowest BCUT2D eigenvalue weighted by Crippen LogP contribution is -2.20. The first-order valence-corrected chi connectivity index (χ1v) is 13.7. The number of hydrogen-bond acceptors (Lipinski definition) is 7. The number of imidazole rings is 1. The van der Waals surface area contributed by atoms with Gasteiger partial charge in [-0.15, -0.1) is 11.3 Å². The molecule has 6 heterocycles. The van der Waals surface area contributed by atoms with E-state index in [2.05, 4.69) is 35.5 Å². The first-order chi connectivity index (χ1) is 18.7. The van der Waals surface area contributed by atoms with Gasteiger partial charge < -0.3 is 10.3 Å². The van der Waals surface area contributed by atoms with Gasteiger partial charge in [-0.05, 0) is 48.4 Å². The van der Waals surface area contributed by atoms with Gasteiger partial charge in [-0.2, -0.15) is 5.10 Å². The number of aromatic nitrogens is 7. The molecule has 0 radical (unpaired) electrons. The van der Waals surface area contributed by atoms with Crippen LogP contribution >= 0.6 is 11.3 Å². The summed E-state index contributed by atoms with van der Waals surface area (Å²) in [6, 6.07) is 5.97. The van der Waals surface area contributed by atoms with Gasteiger partial charge >= 0.3 is 0 Å². The van der Waals surface area contributed by atoms with E-state index in [9.17, 15) is 0 Å². The Morgan fingerprint density at radius 3 is 2.79 bits per heavy atom. The lowest BCUT2D eigenvalue weighted by Gasteiger charge is -2.11. The molecule has 0 amide bonds. The fourth-order valence-corrected chi connectivity index (χ4v) is 6.09. The van der Waals surface area contributed by atoms with Gasteiger partial charge in [0.2, 0.25) is 0 Å². The maximum Gasteiger partial charge on any atom is 0.161 e. The number of nitrogens with zero attached hydrogens (tertiary/aromatic N) is 5. The van der Waals surface area contributed by atoms with Gasteiger partial charge in [0.25, 0.3) is 0 Å². The largest absolute Gasteiger partial charge is 0.335 e. The Balaban J connectivity index is 1.23. The quantitative estimate of drug-likeness (QED) is 0.233. The summed E-state index contributed by atoms with van der Waals surface area (Å²) in [5.41, 5.74) is 5.22. The van der Waals surface area contributed by atoms with Crippen LogP contribution in [0.15, 0.2) is 54.6 Å². The predicted molar refractivity (Wildman–Crippen MR) is 147 cm³/mol. The number of halogens is 1. The van der Waals surface area contributed by atoms with Crippen molar-refractivity contribution in [3.05, 3.63) is 65.9 Å². The molecule has 7 rings (SSSR count). The Morgan fingerprint density at radius 2 is 1.92 bits per heavy atom. The van der Waals surface area contributed by atoms with Gasteiger partial charge in [-0.3, -0.25) is 20.1 Å². The maximum atomic E-state index is 16.1. The van der Waals surface area contributed by atoms with Crippen molar-refractivity contribution >= 4 is 33.3 Å². The molecule has 1 saturated carbocycles. The molecule has 0 aliphatic heterocycles. The van der Waals surface area contributed by atoms with E-state index in [1.54, 1.807) is 36.1 Å². The van der Waals surface area contributed by atoms with Crippen LogP contribution in [0.25, 0.3) is 55.2 Å². The third kappa shape index (κ3) is 4.15. The smallest absolute Gasteiger partial charge is 0.161 e. The van der Waals surface area contributed by atoms with Crippen molar-refractivity contribution in [3.63, 3.8) is 0 Å². The van der Waals surface area contributed by atoms with Crippen molar-refractivity contribution in [2.75, 3.05) is 6.54 Å². The van der Waals surface area contributed by atoms with E-state index in [1.165, 1.54) is 25.7 Å². The second-order valence-electron chi connectivity index (χ2n) is 9.79. The minimum absolute atomic E-state index is 0.238. The van der Waals surface area contributed by atoms with Crippen LogP contribution in [0.1, 0.15) is 31.2 Å². The maximum absolute atomic E-state index is 16.1. The van der Waals surface area contributed by atoms with E-state index in [4.69, 9.17) is 4.98 Å². The minimum atomic E-state index is -0.457. The average Bonchev–Trinajstić information content (AvgIpc) is 3.75. The van der Waals surface area contributed by atoms with E-state index < -0.39 is 5.82 Å². The normalized spacial score (nSPS) is 14.2. The first kappa shape index (κ1) is 23.1. The summed E-state index contributed by atoms with van der Waals surface area (Å²) in [5, 5.41) is 13.2. The highest BCUT2D eigenvalue weighted by Gasteiger charge is 2.22. The molecule has 38 heavy (non-hydrogen) atoms. The van der Waals surface area contributed by atoms with E-state index >= 15 is 4.39 Å². The number of aromatic amines is 2. The fourth-order valence-electron chi connectivity index (χ4n) is 5.35. The Bertz CT molecular complexity index is 1730. The van der Waals surface area contributed by atoms with Crippen LogP contribution in [-0.4, -0.2) is 41.7 Å². The molecule has 10 heteroatoms. The summed E-state index contributed by atoms with van der Waals surface area (Å²) in [5.74, 6) is 0.764. The molecule has 1 aliphatic carbocycles. The summed E-state index contributed by atoms with van der Waals surface area (Å²) in [7, 11) is 0. The Morgan fingerprint density at radius 1 is 1.03 bits per heavy atom. The lowest BCUT2D eigenvalue weighted by atomic mass is 10.1. The Labute approximate surface area is 221 Å². The van der Waals surface area contributed by atoms with Crippen molar-refractivity contribution in [1.29, 1.82) is 0 Å². The number of H-pyrrole nitrogens is 2. The number of nitrogens with one attached hydrogen (secondary N) is 3. The fraction of sp³-hybridized carbons (Fsp3) is 0.250. The standard InChI is InChI=1S/C28H25FN8S/c29-24-23-20(15-33-25(24)18-8-17(11-31-12-18)10-30-9-16-4-1-2-5-16)36-37-27(23)28-34-21-14-32-13-19(26(21)35-28)22-6-3-7-38-22/h3,6-8,11-16,30H,1-2,4-5,9-10H2,(H,34,35)(H,36,37). The molecule has 8 nitrogen and oxygen atoms in total. The second-order valence-corrected chi connectivity index (χ2v) is 10.7. The summed E-state index contributed by atoms with van der Waals surface area (Å²) < 4.78 is 16.1. The van der Waals surface area contributed by atoms with Crippen molar-refractivity contribution in [3.8, 4) is 33.2 Å². The predicted octanol–water partition coefficient (Wildman–Crippen LogP) is 6.11.